The summed E-state index contributed by atoms with van der Waals surface area (Å²) in [6.07, 6.45) is 14.4. The van der Waals surface area contributed by atoms with Gasteiger partial charge in [-0.15, -0.1) is 11.3 Å². The number of nitrogens with zero attached hydrogens (tertiary/aromatic N) is 4. The molecule has 0 aliphatic rings. The van der Waals surface area contributed by atoms with Crippen LogP contribution in [-0.4, -0.2) is 46.7 Å². The monoisotopic (exact) mass is 648 g/mol. The Morgan fingerprint density at radius 3 is 2.27 bits per heavy atom. The summed E-state index contributed by atoms with van der Waals surface area (Å²) in [5.41, 5.74) is 2.35. The molecule has 4 aromatic rings. The molecular weight excluding hydrogens is 605 g/mol. The molecule has 0 saturated heterocycles. The van der Waals surface area contributed by atoms with E-state index in [0.717, 1.165) is 29.0 Å². The number of anilines is 1. The fourth-order valence-electron chi connectivity index (χ4n) is 4.92. The lowest BCUT2D eigenvalue weighted by Gasteiger charge is -2.22. The second-order valence-corrected chi connectivity index (χ2v) is 13.8. The van der Waals surface area contributed by atoms with Crippen molar-refractivity contribution in [1.82, 2.24) is 24.6 Å². The lowest BCUT2D eigenvalue weighted by molar-refractivity contribution is -0.119. The van der Waals surface area contributed by atoms with Gasteiger partial charge in [-0.05, 0) is 36.2 Å². The number of carbonyl (C=O) groups is 1. The molecule has 0 aliphatic heterocycles. The highest BCUT2D eigenvalue weighted by atomic mass is 32.2. The fraction of sp³-hybridized carbons (Fsp3) is 0.412. The molecule has 1 amide bonds. The first-order valence-electron chi connectivity index (χ1n) is 15.8. The summed E-state index contributed by atoms with van der Waals surface area (Å²) in [4.78, 5) is 25.5. The average molecular weight is 649 g/mol. The number of aromatic nitrogens is 3. The van der Waals surface area contributed by atoms with E-state index in [2.05, 4.69) is 32.5 Å². The normalized spacial score (nSPS) is 11.5. The summed E-state index contributed by atoms with van der Waals surface area (Å²) in [6, 6.07) is 17.9. The van der Waals surface area contributed by atoms with Gasteiger partial charge in [-0.1, -0.05) is 94.7 Å². The van der Waals surface area contributed by atoms with E-state index in [1.165, 1.54) is 61.5 Å². The van der Waals surface area contributed by atoms with Crippen molar-refractivity contribution in [2.75, 3.05) is 18.4 Å². The number of sulfonamides is 1. The minimum Gasteiger partial charge on any atom is -0.361 e. The molecule has 3 heterocycles. The van der Waals surface area contributed by atoms with Crippen LogP contribution in [0.2, 0.25) is 0 Å². The van der Waals surface area contributed by atoms with Crippen molar-refractivity contribution in [2.45, 2.75) is 82.8 Å². The minimum atomic E-state index is -3.93. The van der Waals surface area contributed by atoms with Crippen LogP contribution in [0.3, 0.4) is 0 Å². The number of unbranched alkanes of at least 4 members (excludes halogenated alkanes) is 8. The summed E-state index contributed by atoms with van der Waals surface area (Å²) < 4.78 is 28.8. The molecule has 1 aromatic carbocycles. The molecule has 0 saturated carbocycles. The molecular formula is C34H44N6O3S2. The van der Waals surface area contributed by atoms with E-state index in [-0.39, 0.29) is 30.6 Å². The molecule has 0 radical (unpaired) electrons. The summed E-state index contributed by atoms with van der Waals surface area (Å²) >= 11 is 1.55. The van der Waals surface area contributed by atoms with Crippen LogP contribution in [0.25, 0.3) is 10.6 Å². The second kappa shape index (κ2) is 18.3. The van der Waals surface area contributed by atoms with Gasteiger partial charge in [-0.3, -0.25) is 4.79 Å². The molecule has 0 spiro atoms. The third-order valence-corrected chi connectivity index (χ3v) is 9.94. The van der Waals surface area contributed by atoms with Gasteiger partial charge in [0.2, 0.25) is 5.91 Å². The number of nitrogens with one attached hydrogen (secondary N) is 2. The van der Waals surface area contributed by atoms with Crippen LogP contribution in [-0.2, 0) is 27.9 Å². The highest BCUT2D eigenvalue weighted by Gasteiger charge is 2.26. The maximum atomic E-state index is 13.7. The topological polar surface area (TPSA) is 117 Å². The largest absolute Gasteiger partial charge is 0.361 e. The molecule has 2 N–H and O–H groups in total. The lowest BCUT2D eigenvalue weighted by Crippen LogP contribution is -2.32. The van der Waals surface area contributed by atoms with Crippen molar-refractivity contribution in [1.29, 1.82) is 0 Å². The highest BCUT2D eigenvalue weighted by molar-refractivity contribution is 7.89. The zero-order valence-electron chi connectivity index (χ0n) is 26.0. The maximum Gasteiger partial charge on any atom is 0.261 e. The van der Waals surface area contributed by atoms with Crippen molar-refractivity contribution < 1.29 is 13.2 Å². The Morgan fingerprint density at radius 1 is 0.822 bits per heavy atom. The van der Waals surface area contributed by atoms with Crippen molar-refractivity contribution in [3.05, 3.63) is 89.7 Å². The van der Waals surface area contributed by atoms with Gasteiger partial charge in [-0.2, -0.15) is 4.31 Å². The van der Waals surface area contributed by atoms with Crippen molar-refractivity contribution >= 4 is 33.1 Å². The molecule has 0 aliphatic carbocycles. The highest BCUT2D eigenvalue weighted by Crippen LogP contribution is 2.24. The van der Waals surface area contributed by atoms with Crippen LogP contribution in [0, 0.1) is 0 Å². The Morgan fingerprint density at radius 2 is 1.58 bits per heavy atom. The molecule has 4 rings (SSSR count). The van der Waals surface area contributed by atoms with Crippen LogP contribution < -0.4 is 10.6 Å². The number of rotatable bonds is 20. The third-order valence-electron chi connectivity index (χ3n) is 7.41. The first kappa shape index (κ1) is 34.2. The quantitative estimate of drug-likeness (QED) is 0.0987. The van der Waals surface area contributed by atoms with Crippen molar-refractivity contribution in [3.8, 4) is 10.6 Å². The predicted molar refractivity (Wildman–Crippen MR) is 181 cm³/mol. The van der Waals surface area contributed by atoms with Crippen molar-refractivity contribution in [3.63, 3.8) is 0 Å². The SMILES string of the molecule is CCCCCCCCCCCNC(=O)CNc1cccc(CN(Cc2ccc(-c3nccs3)cc2)S(=O)(=O)c2ccccn2)n1. The number of carbonyl (C=O) groups excluding carboxylic acids is 1. The van der Waals surface area contributed by atoms with E-state index in [4.69, 9.17) is 0 Å². The first-order valence-corrected chi connectivity index (χ1v) is 18.1. The lowest BCUT2D eigenvalue weighted by atomic mass is 10.1. The Kier molecular flexibility index (Phi) is 13.9. The zero-order chi connectivity index (χ0) is 31.7. The summed E-state index contributed by atoms with van der Waals surface area (Å²) in [6.45, 7) is 3.16. The van der Waals surface area contributed by atoms with Gasteiger partial charge >= 0.3 is 0 Å². The number of pyridine rings is 2. The number of benzene rings is 1. The smallest absolute Gasteiger partial charge is 0.261 e. The molecule has 240 valence electrons. The summed E-state index contributed by atoms with van der Waals surface area (Å²) in [5.74, 6) is 0.413. The average Bonchev–Trinajstić information content (AvgIpc) is 3.61. The van der Waals surface area contributed by atoms with Gasteiger partial charge in [0.05, 0.1) is 18.8 Å². The Balaban J connectivity index is 1.31. The first-order chi connectivity index (χ1) is 22.0. The van der Waals surface area contributed by atoms with E-state index in [0.29, 0.717) is 18.1 Å². The summed E-state index contributed by atoms with van der Waals surface area (Å²) in [7, 11) is -3.93. The molecule has 11 heteroatoms. The number of thiazole rings is 1. The number of hydrogen-bond acceptors (Lipinski definition) is 8. The van der Waals surface area contributed by atoms with Gasteiger partial charge < -0.3 is 10.6 Å². The minimum absolute atomic E-state index is 0.0256. The molecule has 0 unspecified atom stereocenters. The van der Waals surface area contributed by atoms with Gasteiger partial charge in [0.1, 0.15) is 10.8 Å². The number of amides is 1. The van der Waals surface area contributed by atoms with Crippen LogP contribution in [0.4, 0.5) is 5.82 Å². The van der Waals surface area contributed by atoms with E-state index < -0.39 is 10.0 Å². The standard InChI is InChI=1S/C34H44N6O3S2/c1-2-3-4-5-6-7-8-9-11-21-35-32(41)25-38-31-15-13-14-30(39-31)27-40(45(42,43)33-16-10-12-22-36-33)26-28-17-19-29(20-18-28)34-37-23-24-44-34/h10,12-20,22-24H,2-9,11,21,25-27H2,1H3,(H,35,41)(H,38,39). The van der Waals surface area contributed by atoms with Crippen LogP contribution >= 0.6 is 11.3 Å². The molecule has 45 heavy (non-hydrogen) atoms. The molecule has 0 bridgehead atoms. The Hall–Kier alpha value is -3.67. The van der Waals surface area contributed by atoms with Crippen LogP contribution in [0.15, 0.2) is 83.5 Å². The third kappa shape index (κ3) is 11.3. The van der Waals surface area contributed by atoms with Crippen LogP contribution in [0.5, 0.6) is 0 Å². The number of hydrogen-bond donors (Lipinski definition) is 2. The second-order valence-electron chi connectivity index (χ2n) is 11.0. The van der Waals surface area contributed by atoms with Gasteiger partial charge in [0.25, 0.3) is 10.0 Å². The van der Waals surface area contributed by atoms with E-state index >= 15 is 0 Å². The molecule has 3 aromatic heterocycles. The molecule has 9 nitrogen and oxygen atoms in total. The Labute approximate surface area is 271 Å². The molecule has 0 fully saturated rings. The van der Waals surface area contributed by atoms with E-state index in [1.807, 2.05) is 29.6 Å². The van der Waals surface area contributed by atoms with Crippen LogP contribution in [0.1, 0.15) is 76.0 Å². The van der Waals surface area contributed by atoms with E-state index in [9.17, 15) is 13.2 Å². The summed E-state index contributed by atoms with van der Waals surface area (Å²) in [5, 5.41) is 8.85. The van der Waals surface area contributed by atoms with Gasteiger partial charge in [-0.25, -0.2) is 23.4 Å². The fourth-order valence-corrected chi connectivity index (χ4v) is 6.90. The predicted octanol–water partition coefficient (Wildman–Crippen LogP) is 7.05. The van der Waals surface area contributed by atoms with Gasteiger partial charge in [0.15, 0.2) is 5.03 Å². The molecule has 0 atom stereocenters. The van der Waals surface area contributed by atoms with Gasteiger partial charge in [0, 0.05) is 36.4 Å². The van der Waals surface area contributed by atoms with Crippen molar-refractivity contribution in [2.24, 2.45) is 0 Å². The van der Waals surface area contributed by atoms with E-state index in [1.54, 1.807) is 47.9 Å². The zero-order valence-corrected chi connectivity index (χ0v) is 27.7. The maximum absolute atomic E-state index is 13.7. The Bertz CT molecular complexity index is 1530.